The number of benzene rings is 1. The Bertz CT molecular complexity index is 1060. The van der Waals surface area contributed by atoms with Gasteiger partial charge < -0.3 is 25.4 Å². The van der Waals surface area contributed by atoms with Crippen LogP contribution in [0.5, 0.6) is 0 Å². The van der Waals surface area contributed by atoms with E-state index in [-0.39, 0.29) is 5.91 Å². The minimum absolute atomic E-state index is 0.147. The number of carbonyl (C=O) groups is 1. The summed E-state index contributed by atoms with van der Waals surface area (Å²) in [5.74, 6) is 1.16. The summed E-state index contributed by atoms with van der Waals surface area (Å²) in [6.07, 6.45) is 5.73. The molecule has 30 heavy (non-hydrogen) atoms. The van der Waals surface area contributed by atoms with Crippen LogP contribution in [0, 0.1) is 0 Å². The Labute approximate surface area is 175 Å². The van der Waals surface area contributed by atoms with Crippen LogP contribution in [0.4, 0.5) is 23.1 Å². The average molecular weight is 406 g/mol. The number of piperazine rings is 1. The van der Waals surface area contributed by atoms with Gasteiger partial charge in [0.2, 0.25) is 11.9 Å². The fourth-order valence-electron chi connectivity index (χ4n) is 4.24. The lowest BCUT2D eigenvalue weighted by Gasteiger charge is -2.35. The summed E-state index contributed by atoms with van der Waals surface area (Å²) in [7, 11) is 0. The predicted octanol–water partition coefficient (Wildman–Crippen LogP) is 3.15. The van der Waals surface area contributed by atoms with Crippen LogP contribution in [0.3, 0.4) is 0 Å². The summed E-state index contributed by atoms with van der Waals surface area (Å²) in [6, 6.07) is 10.8. The SMILES string of the molecule is CC(=O)N1CCN(c2ccc(Nc3nc(N)c4ccn(C5CCC5)c4n3)cc2)CC1. The van der Waals surface area contributed by atoms with Crippen molar-refractivity contribution < 1.29 is 4.79 Å². The molecule has 1 aromatic carbocycles. The Balaban J connectivity index is 1.31. The Hall–Kier alpha value is -3.29. The number of aromatic nitrogens is 3. The maximum Gasteiger partial charge on any atom is 0.231 e. The first kappa shape index (κ1) is 18.7. The van der Waals surface area contributed by atoms with E-state index in [0.29, 0.717) is 17.8 Å². The van der Waals surface area contributed by atoms with E-state index in [9.17, 15) is 4.79 Å². The van der Waals surface area contributed by atoms with Gasteiger partial charge in [0.05, 0.1) is 5.39 Å². The van der Waals surface area contributed by atoms with Gasteiger partial charge in [-0.2, -0.15) is 9.97 Å². The van der Waals surface area contributed by atoms with Gasteiger partial charge in [0, 0.05) is 56.7 Å². The third-order valence-corrected chi connectivity index (χ3v) is 6.28. The van der Waals surface area contributed by atoms with Crippen LogP contribution in [0.1, 0.15) is 32.2 Å². The smallest absolute Gasteiger partial charge is 0.231 e. The van der Waals surface area contributed by atoms with Gasteiger partial charge >= 0.3 is 0 Å². The van der Waals surface area contributed by atoms with Crippen molar-refractivity contribution in [2.45, 2.75) is 32.2 Å². The molecule has 156 valence electrons. The van der Waals surface area contributed by atoms with E-state index in [2.05, 4.69) is 38.1 Å². The zero-order chi connectivity index (χ0) is 20.7. The number of carbonyl (C=O) groups excluding carboxylic acids is 1. The molecule has 1 amide bonds. The molecule has 5 rings (SSSR count). The molecule has 8 nitrogen and oxygen atoms in total. The number of hydrogen-bond donors (Lipinski definition) is 2. The molecule has 2 fully saturated rings. The number of nitrogens with two attached hydrogens (primary N) is 1. The zero-order valence-corrected chi connectivity index (χ0v) is 17.2. The molecular weight excluding hydrogens is 378 g/mol. The van der Waals surface area contributed by atoms with Crippen LogP contribution in [0.2, 0.25) is 0 Å². The second-order valence-electron chi connectivity index (χ2n) is 8.14. The summed E-state index contributed by atoms with van der Waals surface area (Å²) < 4.78 is 2.23. The van der Waals surface area contributed by atoms with Crippen LogP contribution in [-0.2, 0) is 4.79 Å². The predicted molar refractivity (Wildman–Crippen MR) is 119 cm³/mol. The minimum atomic E-state index is 0.147. The van der Waals surface area contributed by atoms with Crippen molar-refractivity contribution >= 4 is 40.1 Å². The lowest BCUT2D eigenvalue weighted by Crippen LogP contribution is -2.48. The standard InChI is InChI=1S/C22H27N7O/c1-15(30)27-11-13-28(14-12-27)17-7-5-16(6-8-17)24-22-25-20(23)19-9-10-29(21(19)26-22)18-3-2-4-18/h5-10,18H,2-4,11-14H2,1H3,(H3,23,24,25,26). The number of amides is 1. The number of rotatable bonds is 4. The van der Waals surface area contributed by atoms with Crippen LogP contribution >= 0.6 is 0 Å². The zero-order valence-electron chi connectivity index (χ0n) is 17.2. The molecule has 1 aliphatic heterocycles. The summed E-state index contributed by atoms with van der Waals surface area (Å²) >= 11 is 0. The summed E-state index contributed by atoms with van der Waals surface area (Å²) in [4.78, 5) is 24.9. The summed E-state index contributed by atoms with van der Waals surface area (Å²) in [5, 5.41) is 4.20. The lowest BCUT2D eigenvalue weighted by atomic mass is 9.93. The third-order valence-electron chi connectivity index (χ3n) is 6.28. The van der Waals surface area contributed by atoms with E-state index >= 15 is 0 Å². The lowest BCUT2D eigenvalue weighted by molar-refractivity contribution is -0.129. The van der Waals surface area contributed by atoms with Crippen molar-refractivity contribution in [3.63, 3.8) is 0 Å². The molecule has 2 aromatic heterocycles. The first-order valence-electron chi connectivity index (χ1n) is 10.6. The molecule has 3 aromatic rings. The molecule has 2 aliphatic rings. The molecule has 1 saturated carbocycles. The normalized spacial score (nSPS) is 17.2. The number of nitrogens with zero attached hydrogens (tertiary/aromatic N) is 5. The highest BCUT2D eigenvalue weighted by molar-refractivity contribution is 5.88. The van der Waals surface area contributed by atoms with E-state index < -0.39 is 0 Å². The second-order valence-corrected chi connectivity index (χ2v) is 8.14. The van der Waals surface area contributed by atoms with Crippen LogP contribution in [-0.4, -0.2) is 51.5 Å². The van der Waals surface area contributed by atoms with Crippen molar-refractivity contribution in [1.82, 2.24) is 19.4 Å². The maximum absolute atomic E-state index is 11.5. The molecule has 0 spiro atoms. The van der Waals surface area contributed by atoms with Crippen LogP contribution in [0.15, 0.2) is 36.5 Å². The highest BCUT2D eigenvalue weighted by atomic mass is 16.2. The number of nitrogens with one attached hydrogen (secondary N) is 1. The third kappa shape index (κ3) is 3.42. The maximum atomic E-state index is 11.5. The van der Waals surface area contributed by atoms with E-state index in [4.69, 9.17) is 10.7 Å². The molecule has 3 N–H and O–H groups in total. The Morgan fingerprint density at radius 1 is 1.07 bits per heavy atom. The molecule has 0 unspecified atom stereocenters. The number of hydrogen-bond acceptors (Lipinski definition) is 6. The van der Waals surface area contributed by atoms with Gasteiger partial charge in [0.15, 0.2) is 0 Å². The largest absolute Gasteiger partial charge is 0.383 e. The summed E-state index contributed by atoms with van der Waals surface area (Å²) in [5.41, 5.74) is 9.17. The topological polar surface area (TPSA) is 92.3 Å². The number of anilines is 4. The fourth-order valence-corrected chi connectivity index (χ4v) is 4.24. The minimum Gasteiger partial charge on any atom is -0.383 e. The van der Waals surface area contributed by atoms with E-state index in [1.807, 2.05) is 23.1 Å². The Morgan fingerprint density at radius 3 is 2.43 bits per heavy atom. The quantitative estimate of drug-likeness (QED) is 0.693. The van der Waals surface area contributed by atoms with Gasteiger partial charge in [0.1, 0.15) is 11.5 Å². The van der Waals surface area contributed by atoms with Crippen molar-refractivity contribution in [3.05, 3.63) is 36.5 Å². The first-order valence-corrected chi connectivity index (χ1v) is 10.6. The average Bonchev–Trinajstić information content (AvgIpc) is 3.11. The molecule has 0 bridgehead atoms. The number of fused-ring (bicyclic) bond motifs is 1. The number of nitrogen functional groups attached to an aromatic ring is 1. The van der Waals surface area contributed by atoms with Gasteiger partial charge in [-0.1, -0.05) is 0 Å². The van der Waals surface area contributed by atoms with Crippen molar-refractivity contribution in [2.75, 3.05) is 42.1 Å². The van der Waals surface area contributed by atoms with Gasteiger partial charge in [-0.15, -0.1) is 0 Å². The van der Waals surface area contributed by atoms with Crippen molar-refractivity contribution in [1.29, 1.82) is 0 Å². The van der Waals surface area contributed by atoms with Crippen molar-refractivity contribution in [3.8, 4) is 0 Å². The highest BCUT2D eigenvalue weighted by Crippen LogP contribution is 2.35. The van der Waals surface area contributed by atoms with Crippen LogP contribution < -0.4 is 16.0 Å². The Morgan fingerprint density at radius 2 is 1.80 bits per heavy atom. The molecule has 8 heteroatoms. The van der Waals surface area contributed by atoms with E-state index in [1.54, 1.807) is 6.92 Å². The summed E-state index contributed by atoms with van der Waals surface area (Å²) in [6.45, 7) is 4.86. The van der Waals surface area contributed by atoms with Gasteiger partial charge in [-0.25, -0.2) is 0 Å². The Kier molecular flexibility index (Phi) is 4.69. The molecular formula is C22H27N7O. The molecule has 1 aliphatic carbocycles. The highest BCUT2D eigenvalue weighted by Gasteiger charge is 2.22. The monoisotopic (exact) mass is 405 g/mol. The van der Waals surface area contributed by atoms with E-state index in [0.717, 1.165) is 48.6 Å². The second kappa shape index (κ2) is 7.51. The van der Waals surface area contributed by atoms with Crippen LogP contribution in [0.25, 0.3) is 11.0 Å². The first-order chi connectivity index (χ1) is 14.6. The van der Waals surface area contributed by atoms with Gasteiger partial charge in [0.25, 0.3) is 0 Å². The molecule has 1 saturated heterocycles. The van der Waals surface area contributed by atoms with Crippen molar-refractivity contribution in [2.24, 2.45) is 0 Å². The van der Waals surface area contributed by atoms with Gasteiger partial charge in [-0.3, -0.25) is 4.79 Å². The molecule has 0 atom stereocenters. The fraction of sp³-hybridized carbons (Fsp3) is 0.409. The van der Waals surface area contributed by atoms with Gasteiger partial charge in [-0.05, 0) is 49.6 Å². The molecule has 0 radical (unpaired) electrons. The molecule has 3 heterocycles. The van der Waals surface area contributed by atoms with E-state index in [1.165, 1.54) is 19.3 Å².